The molecule has 0 saturated heterocycles. The first kappa shape index (κ1) is 19.8. The van der Waals surface area contributed by atoms with Gasteiger partial charge in [-0.25, -0.2) is 0 Å². The van der Waals surface area contributed by atoms with Gasteiger partial charge in [0.1, 0.15) is 5.75 Å². The molecular weight excluding hydrogens is 352 g/mol. The van der Waals surface area contributed by atoms with Gasteiger partial charge in [0.2, 0.25) is 5.91 Å². The minimum Gasteiger partial charge on any atom is -0.496 e. The molecule has 2 rings (SSSR count). The lowest BCUT2D eigenvalue weighted by Gasteiger charge is -2.17. The third kappa shape index (κ3) is 4.55. The van der Waals surface area contributed by atoms with Crippen LogP contribution in [-0.2, 0) is 4.79 Å². The summed E-state index contributed by atoms with van der Waals surface area (Å²) in [5.41, 5.74) is 2.53. The van der Waals surface area contributed by atoms with E-state index in [4.69, 9.17) is 16.3 Å². The van der Waals surface area contributed by atoms with E-state index in [0.717, 1.165) is 17.7 Å². The summed E-state index contributed by atoms with van der Waals surface area (Å²) in [6.45, 7) is 5.60. The number of halogens is 1. The zero-order chi connectivity index (χ0) is 19.3. The van der Waals surface area contributed by atoms with E-state index in [9.17, 15) is 9.59 Å². The standard InChI is InChI=1S/C20H23ClN2O3/c1-5-12(2)14-8-6-7-9-17(14)23-20(25)15-10-16(21)18(22-13(3)24)11-19(15)26-4/h6-12H,5H2,1-4H3,(H,22,24)(H,23,25). The number of anilines is 2. The number of amides is 2. The Bertz CT molecular complexity index is 821. The van der Waals surface area contributed by atoms with Crippen LogP contribution in [0.2, 0.25) is 5.02 Å². The minimum atomic E-state index is -0.325. The predicted molar refractivity (Wildman–Crippen MR) is 105 cm³/mol. The van der Waals surface area contributed by atoms with Gasteiger partial charge in [0.25, 0.3) is 5.91 Å². The number of carbonyl (C=O) groups is 2. The smallest absolute Gasteiger partial charge is 0.259 e. The maximum absolute atomic E-state index is 12.8. The fourth-order valence-corrected chi connectivity index (χ4v) is 2.85. The van der Waals surface area contributed by atoms with Gasteiger partial charge in [0.05, 0.1) is 23.4 Å². The Kier molecular flexibility index (Phi) is 6.64. The summed E-state index contributed by atoms with van der Waals surface area (Å²) in [6.07, 6.45) is 0.966. The van der Waals surface area contributed by atoms with Gasteiger partial charge in [-0.2, -0.15) is 0 Å². The summed E-state index contributed by atoms with van der Waals surface area (Å²) in [5.74, 6) is 0.0679. The Morgan fingerprint density at radius 3 is 2.46 bits per heavy atom. The lowest BCUT2D eigenvalue weighted by atomic mass is 9.96. The molecule has 0 heterocycles. The van der Waals surface area contributed by atoms with Crippen molar-refractivity contribution in [3.63, 3.8) is 0 Å². The molecular formula is C20H23ClN2O3. The molecule has 26 heavy (non-hydrogen) atoms. The summed E-state index contributed by atoms with van der Waals surface area (Å²) < 4.78 is 5.31. The normalized spacial score (nSPS) is 11.6. The average Bonchev–Trinajstić information content (AvgIpc) is 2.62. The fraction of sp³-hybridized carbons (Fsp3) is 0.300. The molecule has 0 fully saturated rings. The van der Waals surface area contributed by atoms with Crippen LogP contribution in [0, 0.1) is 0 Å². The molecule has 0 saturated carbocycles. The molecule has 0 aromatic heterocycles. The van der Waals surface area contributed by atoms with E-state index < -0.39 is 0 Å². The lowest BCUT2D eigenvalue weighted by molar-refractivity contribution is -0.114. The van der Waals surface area contributed by atoms with Gasteiger partial charge in [0.15, 0.2) is 0 Å². The van der Waals surface area contributed by atoms with Crippen LogP contribution in [0.3, 0.4) is 0 Å². The van der Waals surface area contributed by atoms with Gasteiger partial charge >= 0.3 is 0 Å². The van der Waals surface area contributed by atoms with Crippen molar-refractivity contribution in [1.29, 1.82) is 0 Å². The molecule has 138 valence electrons. The molecule has 2 aromatic carbocycles. The molecule has 0 spiro atoms. The van der Waals surface area contributed by atoms with Crippen LogP contribution in [-0.4, -0.2) is 18.9 Å². The summed E-state index contributed by atoms with van der Waals surface area (Å²) in [6, 6.07) is 10.8. The number of hydrogen-bond donors (Lipinski definition) is 2. The average molecular weight is 375 g/mol. The topological polar surface area (TPSA) is 67.4 Å². The summed E-state index contributed by atoms with van der Waals surface area (Å²) >= 11 is 6.20. The number of benzene rings is 2. The number of rotatable bonds is 6. The van der Waals surface area contributed by atoms with Crippen LogP contribution in [0.25, 0.3) is 0 Å². The Balaban J connectivity index is 2.36. The van der Waals surface area contributed by atoms with E-state index in [1.165, 1.54) is 20.1 Å². The fourth-order valence-electron chi connectivity index (χ4n) is 2.64. The second-order valence-electron chi connectivity index (χ2n) is 6.06. The molecule has 2 N–H and O–H groups in total. The van der Waals surface area contributed by atoms with Crippen LogP contribution < -0.4 is 15.4 Å². The van der Waals surface area contributed by atoms with Gasteiger partial charge in [-0.05, 0) is 30.0 Å². The summed E-state index contributed by atoms with van der Waals surface area (Å²) in [4.78, 5) is 24.1. The molecule has 5 nitrogen and oxygen atoms in total. The van der Waals surface area contributed by atoms with Crippen molar-refractivity contribution in [2.75, 3.05) is 17.7 Å². The Morgan fingerprint density at radius 2 is 1.85 bits per heavy atom. The van der Waals surface area contributed by atoms with Gasteiger partial charge < -0.3 is 15.4 Å². The second kappa shape index (κ2) is 8.72. The SMILES string of the molecule is CCC(C)c1ccccc1NC(=O)c1cc(Cl)c(NC(C)=O)cc1OC. The molecule has 0 aliphatic rings. The zero-order valence-electron chi connectivity index (χ0n) is 15.4. The Labute approximate surface area is 158 Å². The largest absolute Gasteiger partial charge is 0.496 e. The number of nitrogens with one attached hydrogen (secondary N) is 2. The van der Waals surface area contributed by atoms with Crippen LogP contribution in [0.4, 0.5) is 11.4 Å². The highest BCUT2D eigenvalue weighted by Crippen LogP contribution is 2.32. The summed E-state index contributed by atoms with van der Waals surface area (Å²) in [7, 11) is 1.46. The predicted octanol–water partition coefficient (Wildman–Crippen LogP) is 5.07. The Hall–Kier alpha value is -2.53. The number of carbonyl (C=O) groups excluding carboxylic acids is 2. The summed E-state index contributed by atoms with van der Waals surface area (Å²) in [5, 5.41) is 5.82. The van der Waals surface area contributed by atoms with Crippen molar-refractivity contribution in [2.24, 2.45) is 0 Å². The van der Waals surface area contributed by atoms with Crippen molar-refractivity contribution in [3.05, 3.63) is 52.5 Å². The molecule has 1 unspecified atom stereocenters. The monoisotopic (exact) mass is 374 g/mol. The number of ether oxygens (including phenoxy) is 1. The quantitative estimate of drug-likeness (QED) is 0.741. The van der Waals surface area contributed by atoms with E-state index in [1.54, 1.807) is 6.07 Å². The van der Waals surface area contributed by atoms with E-state index in [0.29, 0.717) is 22.9 Å². The molecule has 2 aromatic rings. The number of methoxy groups -OCH3 is 1. The van der Waals surface area contributed by atoms with Crippen LogP contribution in [0.15, 0.2) is 36.4 Å². The van der Waals surface area contributed by atoms with Gasteiger partial charge in [-0.3, -0.25) is 9.59 Å². The van der Waals surface area contributed by atoms with Crippen molar-refractivity contribution >= 4 is 34.8 Å². The van der Waals surface area contributed by atoms with Gasteiger partial charge in [-0.1, -0.05) is 43.6 Å². The maximum Gasteiger partial charge on any atom is 0.259 e. The van der Waals surface area contributed by atoms with Crippen LogP contribution in [0.1, 0.15) is 49.0 Å². The van der Waals surface area contributed by atoms with Gasteiger partial charge in [-0.15, -0.1) is 0 Å². The Morgan fingerprint density at radius 1 is 1.15 bits per heavy atom. The van der Waals surface area contributed by atoms with E-state index >= 15 is 0 Å². The molecule has 2 amide bonds. The number of hydrogen-bond acceptors (Lipinski definition) is 3. The molecule has 0 aliphatic carbocycles. The van der Waals surface area contributed by atoms with Crippen molar-refractivity contribution in [1.82, 2.24) is 0 Å². The minimum absolute atomic E-state index is 0.256. The first-order chi connectivity index (χ1) is 12.4. The number of para-hydroxylation sites is 1. The first-order valence-electron chi connectivity index (χ1n) is 8.42. The zero-order valence-corrected chi connectivity index (χ0v) is 16.1. The van der Waals surface area contributed by atoms with Crippen molar-refractivity contribution in [2.45, 2.75) is 33.1 Å². The second-order valence-corrected chi connectivity index (χ2v) is 6.47. The third-order valence-corrected chi connectivity index (χ3v) is 4.51. The first-order valence-corrected chi connectivity index (χ1v) is 8.80. The molecule has 0 bridgehead atoms. The highest BCUT2D eigenvalue weighted by molar-refractivity contribution is 6.34. The van der Waals surface area contributed by atoms with E-state index in [2.05, 4.69) is 24.5 Å². The van der Waals surface area contributed by atoms with Crippen molar-refractivity contribution in [3.8, 4) is 5.75 Å². The highest BCUT2D eigenvalue weighted by Gasteiger charge is 2.18. The molecule has 0 aliphatic heterocycles. The maximum atomic E-state index is 12.8. The van der Waals surface area contributed by atoms with E-state index in [1.807, 2.05) is 24.3 Å². The molecule has 1 atom stereocenters. The third-order valence-electron chi connectivity index (χ3n) is 4.20. The molecule has 6 heteroatoms. The van der Waals surface area contributed by atoms with Gasteiger partial charge in [0, 0.05) is 18.7 Å². The van der Waals surface area contributed by atoms with Crippen molar-refractivity contribution < 1.29 is 14.3 Å². The van der Waals surface area contributed by atoms with Crippen LogP contribution in [0.5, 0.6) is 5.75 Å². The van der Waals surface area contributed by atoms with E-state index in [-0.39, 0.29) is 16.8 Å². The highest BCUT2D eigenvalue weighted by atomic mass is 35.5. The van der Waals surface area contributed by atoms with Crippen LogP contribution >= 0.6 is 11.6 Å². The lowest BCUT2D eigenvalue weighted by Crippen LogP contribution is -2.16. The molecule has 0 radical (unpaired) electrons.